The zero-order chi connectivity index (χ0) is 12.5. The molecule has 0 aromatic heterocycles. The predicted molar refractivity (Wildman–Crippen MR) is 72.8 cm³/mol. The second-order valence-electron chi connectivity index (χ2n) is 4.67. The molecule has 17 heavy (non-hydrogen) atoms. The molecule has 0 unspecified atom stereocenters. The molecule has 4 N–H and O–H groups in total. The monoisotopic (exact) mass is 252 g/mol. The smallest absolute Gasteiger partial charge is 0.122 e. The molecule has 0 radical (unpaired) electrons. The third-order valence-corrected chi connectivity index (χ3v) is 4.42. The molecule has 0 amide bonds. The molecule has 0 bridgehead atoms. The number of fused-ring (bicyclic) bond motifs is 1. The summed E-state index contributed by atoms with van der Waals surface area (Å²) in [5.41, 5.74) is 14.5. The number of hydrogen-bond donors (Lipinski definition) is 2. The van der Waals surface area contributed by atoms with Gasteiger partial charge in [0, 0.05) is 22.5 Å². The Kier molecular flexibility index (Phi) is 3.66. The van der Waals surface area contributed by atoms with E-state index in [4.69, 9.17) is 16.2 Å². The molecule has 3 nitrogen and oxygen atoms in total. The fraction of sp³-hybridized carbons (Fsp3) is 0.538. The fourth-order valence-electron chi connectivity index (χ4n) is 2.49. The molecule has 0 saturated carbocycles. The summed E-state index contributed by atoms with van der Waals surface area (Å²) in [4.78, 5) is 1.33. The van der Waals surface area contributed by atoms with Gasteiger partial charge >= 0.3 is 0 Å². The van der Waals surface area contributed by atoms with Crippen molar-refractivity contribution < 1.29 is 4.74 Å². The summed E-state index contributed by atoms with van der Waals surface area (Å²) in [7, 11) is 1.71. The Morgan fingerprint density at radius 3 is 2.76 bits per heavy atom. The van der Waals surface area contributed by atoms with Gasteiger partial charge in [0.25, 0.3) is 0 Å². The summed E-state index contributed by atoms with van der Waals surface area (Å²) in [6.45, 7) is 0.527. The number of methoxy groups -OCH3 is 1. The van der Waals surface area contributed by atoms with Crippen LogP contribution in [-0.2, 0) is 12.8 Å². The van der Waals surface area contributed by atoms with Crippen LogP contribution in [0.2, 0.25) is 0 Å². The largest absolute Gasteiger partial charge is 0.496 e. The number of nitrogens with two attached hydrogens (primary N) is 2. The van der Waals surface area contributed by atoms with Crippen LogP contribution < -0.4 is 16.2 Å². The van der Waals surface area contributed by atoms with Gasteiger partial charge in [-0.25, -0.2) is 0 Å². The summed E-state index contributed by atoms with van der Waals surface area (Å²) in [6.07, 6.45) is 4.87. The lowest BCUT2D eigenvalue weighted by atomic mass is 9.78. The maximum absolute atomic E-state index is 6.30. The van der Waals surface area contributed by atoms with Gasteiger partial charge < -0.3 is 16.2 Å². The zero-order valence-electron chi connectivity index (χ0n) is 10.5. The van der Waals surface area contributed by atoms with Gasteiger partial charge in [-0.1, -0.05) is 0 Å². The van der Waals surface area contributed by atoms with Gasteiger partial charge in [0.05, 0.1) is 7.11 Å². The maximum atomic E-state index is 6.30. The molecule has 0 heterocycles. The van der Waals surface area contributed by atoms with E-state index in [1.807, 2.05) is 6.07 Å². The van der Waals surface area contributed by atoms with Crippen molar-refractivity contribution in [1.82, 2.24) is 0 Å². The van der Waals surface area contributed by atoms with Gasteiger partial charge in [-0.3, -0.25) is 0 Å². The Hall–Kier alpha value is -0.710. The zero-order valence-corrected chi connectivity index (χ0v) is 11.3. The first kappa shape index (κ1) is 12.7. The quantitative estimate of drug-likeness (QED) is 0.802. The van der Waals surface area contributed by atoms with Crippen LogP contribution in [0.5, 0.6) is 5.75 Å². The van der Waals surface area contributed by atoms with Gasteiger partial charge in [0.15, 0.2) is 0 Å². The van der Waals surface area contributed by atoms with Crippen molar-refractivity contribution in [2.75, 3.05) is 19.9 Å². The van der Waals surface area contributed by atoms with E-state index in [1.165, 1.54) is 16.0 Å². The highest BCUT2D eigenvalue weighted by Gasteiger charge is 2.32. The highest BCUT2D eigenvalue weighted by molar-refractivity contribution is 7.98. The molecule has 1 aliphatic carbocycles. The molecular weight excluding hydrogens is 232 g/mol. The Bertz CT molecular complexity index is 422. The summed E-state index contributed by atoms with van der Waals surface area (Å²) >= 11 is 1.78. The first-order chi connectivity index (χ1) is 8.13. The van der Waals surface area contributed by atoms with E-state index in [9.17, 15) is 0 Å². The third-order valence-electron chi connectivity index (χ3n) is 3.59. The van der Waals surface area contributed by atoms with E-state index in [0.717, 1.165) is 25.0 Å². The van der Waals surface area contributed by atoms with E-state index >= 15 is 0 Å². The molecule has 0 spiro atoms. The maximum Gasteiger partial charge on any atom is 0.122 e. The highest BCUT2D eigenvalue weighted by atomic mass is 32.2. The summed E-state index contributed by atoms with van der Waals surface area (Å²) in [6, 6.07) is 4.17. The molecule has 0 aliphatic heterocycles. The van der Waals surface area contributed by atoms with Crippen molar-refractivity contribution in [2.24, 2.45) is 11.5 Å². The Morgan fingerprint density at radius 1 is 1.41 bits per heavy atom. The summed E-state index contributed by atoms with van der Waals surface area (Å²) in [5.74, 6) is 0.945. The van der Waals surface area contributed by atoms with Crippen molar-refractivity contribution >= 4 is 11.8 Å². The van der Waals surface area contributed by atoms with Gasteiger partial charge in [-0.05, 0) is 43.2 Å². The fourth-order valence-corrected chi connectivity index (χ4v) is 3.16. The molecule has 2 rings (SSSR count). The number of thioether (sulfide) groups is 1. The topological polar surface area (TPSA) is 61.3 Å². The molecular formula is C13H20N2OS. The van der Waals surface area contributed by atoms with Crippen molar-refractivity contribution in [3.63, 3.8) is 0 Å². The van der Waals surface area contributed by atoms with Crippen LogP contribution in [0, 0.1) is 0 Å². The van der Waals surface area contributed by atoms with E-state index in [0.29, 0.717) is 6.54 Å². The molecule has 94 valence electrons. The van der Waals surface area contributed by atoms with Crippen LogP contribution in [0.15, 0.2) is 17.0 Å². The minimum Gasteiger partial charge on any atom is -0.496 e. The van der Waals surface area contributed by atoms with Crippen molar-refractivity contribution in [1.29, 1.82) is 0 Å². The normalized spacial score (nSPS) is 23.3. The third kappa shape index (κ3) is 2.30. The molecule has 1 atom stereocenters. The van der Waals surface area contributed by atoms with Gasteiger partial charge in [-0.15, -0.1) is 11.8 Å². The lowest BCUT2D eigenvalue weighted by Crippen LogP contribution is -2.51. The first-order valence-electron chi connectivity index (χ1n) is 5.85. The standard InChI is InChI=1S/C13H20N2OS/c1-16-11-3-4-12(17-2)9-5-6-13(15,8-14)7-10(9)11/h3-4H,5-8,14-15H2,1-2H3/t13-/m0/s1. The number of rotatable bonds is 3. The van der Waals surface area contributed by atoms with Crippen LogP contribution in [-0.4, -0.2) is 25.4 Å². The average Bonchev–Trinajstić information content (AvgIpc) is 2.37. The number of ether oxygens (including phenoxy) is 1. The molecule has 4 heteroatoms. The van der Waals surface area contributed by atoms with Crippen molar-refractivity contribution in [3.05, 3.63) is 23.3 Å². The molecule has 1 aromatic rings. The van der Waals surface area contributed by atoms with Crippen molar-refractivity contribution in [2.45, 2.75) is 29.7 Å². The lowest BCUT2D eigenvalue weighted by molar-refractivity contribution is 0.357. The van der Waals surface area contributed by atoms with Crippen LogP contribution in [0.3, 0.4) is 0 Å². The predicted octanol–water partition coefficient (Wildman–Crippen LogP) is 1.56. The molecule has 0 fully saturated rings. The first-order valence-corrected chi connectivity index (χ1v) is 7.07. The van der Waals surface area contributed by atoms with Gasteiger partial charge in [0.1, 0.15) is 5.75 Å². The summed E-state index contributed by atoms with van der Waals surface area (Å²) in [5, 5.41) is 0. The minimum atomic E-state index is -0.267. The summed E-state index contributed by atoms with van der Waals surface area (Å²) < 4.78 is 5.44. The van der Waals surface area contributed by atoms with Crippen LogP contribution >= 0.6 is 11.8 Å². The minimum absolute atomic E-state index is 0.267. The van der Waals surface area contributed by atoms with Crippen LogP contribution in [0.25, 0.3) is 0 Å². The van der Waals surface area contributed by atoms with Crippen LogP contribution in [0.1, 0.15) is 17.5 Å². The lowest BCUT2D eigenvalue weighted by Gasteiger charge is -2.35. The molecule has 0 saturated heterocycles. The van der Waals surface area contributed by atoms with Crippen molar-refractivity contribution in [3.8, 4) is 5.75 Å². The SMILES string of the molecule is COc1ccc(SC)c2c1C[C@](N)(CN)CC2. The van der Waals surface area contributed by atoms with Gasteiger partial charge in [-0.2, -0.15) is 0 Å². The second-order valence-corrected chi connectivity index (χ2v) is 5.52. The molecule has 1 aromatic carbocycles. The average molecular weight is 252 g/mol. The Morgan fingerprint density at radius 2 is 2.18 bits per heavy atom. The van der Waals surface area contributed by atoms with E-state index in [2.05, 4.69) is 12.3 Å². The van der Waals surface area contributed by atoms with E-state index < -0.39 is 0 Å². The number of hydrogen-bond acceptors (Lipinski definition) is 4. The van der Waals surface area contributed by atoms with E-state index in [-0.39, 0.29) is 5.54 Å². The van der Waals surface area contributed by atoms with E-state index in [1.54, 1.807) is 18.9 Å². The highest BCUT2D eigenvalue weighted by Crippen LogP contribution is 2.38. The number of benzene rings is 1. The second kappa shape index (κ2) is 4.88. The Labute approximate surface area is 107 Å². The Balaban J connectivity index is 2.47. The van der Waals surface area contributed by atoms with Gasteiger partial charge in [0.2, 0.25) is 0 Å². The van der Waals surface area contributed by atoms with Crippen LogP contribution in [0.4, 0.5) is 0 Å². The molecule has 1 aliphatic rings.